The first-order valence-corrected chi connectivity index (χ1v) is 33.3. The minimum atomic E-state index is -0.803. The van der Waals surface area contributed by atoms with Crippen LogP contribution in [0.2, 0.25) is 0 Å². The van der Waals surface area contributed by atoms with Gasteiger partial charge in [-0.3, -0.25) is 14.4 Å². The number of ether oxygens (including phenoxy) is 3. The SMILES string of the molecule is CC/C=C\C/C=C\C/C=C\C/C=C\C/C=C\C/C=C\C/C=C\C/C=C\C/C=C\CCCCCCCC(=O)OCC(COC(=O)CCCCC/C=C\C/C=C\C/C=C\CC)OC(=O)CCCCCCCCCCCCCCCCCCC. The van der Waals surface area contributed by atoms with E-state index in [1.165, 1.54) is 89.9 Å². The number of carbonyl (C=O) groups is 3. The van der Waals surface area contributed by atoms with E-state index in [9.17, 15) is 14.4 Å². The molecule has 0 N–H and O–H groups in total. The lowest BCUT2D eigenvalue weighted by Gasteiger charge is -2.18. The number of carbonyl (C=O) groups excluding carboxylic acids is 3. The maximum Gasteiger partial charge on any atom is 0.306 e. The minimum absolute atomic E-state index is 0.100. The fourth-order valence-corrected chi connectivity index (χ4v) is 8.92. The number of hydrogen-bond acceptors (Lipinski definition) is 6. The van der Waals surface area contributed by atoms with Gasteiger partial charge in [0.1, 0.15) is 13.2 Å². The van der Waals surface area contributed by atoms with E-state index in [4.69, 9.17) is 14.2 Å². The normalized spacial score (nSPS) is 13.1. The van der Waals surface area contributed by atoms with Gasteiger partial charge in [-0.1, -0.05) is 295 Å². The maximum absolute atomic E-state index is 12.9. The molecule has 0 aliphatic carbocycles. The van der Waals surface area contributed by atoms with Crippen LogP contribution in [-0.4, -0.2) is 37.2 Å². The Kier molecular flexibility index (Phi) is 63.9. The third kappa shape index (κ3) is 66.0. The van der Waals surface area contributed by atoms with E-state index < -0.39 is 6.10 Å². The molecule has 0 saturated heterocycles. The van der Waals surface area contributed by atoms with Gasteiger partial charge >= 0.3 is 17.9 Å². The molecule has 0 heterocycles. The summed E-state index contributed by atoms with van der Waals surface area (Å²) in [4.78, 5) is 38.3. The lowest BCUT2D eigenvalue weighted by atomic mass is 10.0. The number of allylic oxidation sites excluding steroid dienone is 24. The van der Waals surface area contributed by atoms with Crippen LogP contribution in [0.25, 0.3) is 0 Å². The summed E-state index contributed by atoms with van der Waals surface area (Å²) in [5.41, 5.74) is 0. The second-order valence-corrected chi connectivity index (χ2v) is 21.6. The molecule has 1 unspecified atom stereocenters. The average Bonchev–Trinajstić information content (AvgIpc) is 3.46. The Labute approximate surface area is 499 Å². The van der Waals surface area contributed by atoms with E-state index in [2.05, 4.69) is 167 Å². The molecule has 0 aliphatic heterocycles. The zero-order chi connectivity index (χ0) is 58.5. The summed E-state index contributed by atoms with van der Waals surface area (Å²) in [6.07, 6.45) is 97.2. The molecule has 0 aromatic rings. The molecule has 0 fully saturated rings. The molecule has 0 spiro atoms. The molecule has 458 valence electrons. The predicted octanol–water partition coefficient (Wildman–Crippen LogP) is 23.1. The van der Waals surface area contributed by atoms with Crippen molar-refractivity contribution in [3.8, 4) is 0 Å². The monoisotopic (exact) mass is 1120 g/mol. The van der Waals surface area contributed by atoms with Gasteiger partial charge in [-0.25, -0.2) is 0 Å². The van der Waals surface area contributed by atoms with Crippen LogP contribution < -0.4 is 0 Å². The first-order chi connectivity index (χ1) is 40.0. The molecule has 81 heavy (non-hydrogen) atoms. The van der Waals surface area contributed by atoms with Crippen LogP contribution in [0.1, 0.15) is 290 Å². The van der Waals surface area contributed by atoms with Gasteiger partial charge in [0.25, 0.3) is 0 Å². The second-order valence-electron chi connectivity index (χ2n) is 21.6. The van der Waals surface area contributed by atoms with Gasteiger partial charge in [0.05, 0.1) is 0 Å². The molecule has 1 atom stereocenters. The van der Waals surface area contributed by atoms with Crippen molar-refractivity contribution in [3.63, 3.8) is 0 Å². The standard InChI is InChI=1S/C75H122O6/c1-4-7-10-13-16-19-22-25-27-29-30-31-32-33-34-35-36-37-38-39-40-41-42-43-44-46-47-50-53-56-59-62-65-68-74(77)80-71-72(70-79-73(76)67-64-61-58-55-52-49-24-21-18-15-12-9-6-3)81-75(78)69-66-63-60-57-54-51-48-45-28-26-23-20-17-14-11-8-5-2/h7,9-10,12,16,18-19,21,25,27,30-31,33-34,36-37,39-40,42-43,46-47,49,52,72H,4-6,8,11,13-15,17,20,22-24,26,28-29,32,35,38,41,44-45,48,50-51,53-71H2,1-3H3/b10-7-,12-9-,19-16-,21-18-,27-25-,31-30-,34-33-,37-36-,40-39-,43-42-,47-46-,52-49-. The number of esters is 3. The summed E-state index contributed by atoms with van der Waals surface area (Å²) in [5.74, 6) is -0.943. The zero-order valence-electron chi connectivity index (χ0n) is 52.5. The lowest BCUT2D eigenvalue weighted by molar-refractivity contribution is -0.167. The fourth-order valence-electron chi connectivity index (χ4n) is 8.92. The van der Waals surface area contributed by atoms with Crippen LogP contribution in [0, 0.1) is 0 Å². The van der Waals surface area contributed by atoms with E-state index in [0.717, 1.165) is 161 Å². The number of rotatable bonds is 59. The largest absolute Gasteiger partial charge is 0.462 e. The van der Waals surface area contributed by atoms with Gasteiger partial charge in [-0.05, 0) is 122 Å². The van der Waals surface area contributed by atoms with Gasteiger partial charge in [-0.15, -0.1) is 0 Å². The molecule has 6 nitrogen and oxygen atoms in total. The molecule has 6 heteroatoms. The Bertz CT molecular complexity index is 1760. The molecule has 0 aliphatic rings. The molecule has 0 rings (SSSR count). The summed E-state index contributed by atoms with van der Waals surface area (Å²) in [6, 6.07) is 0. The van der Waals surface area contributed by atoms with Crippen LogP contribution in [-0.2, 0) is 28.6 Å². The van der Waals surface area contributed by atoms with Crippen molar-refractivity contribution in [2.75, 3.05) is 13.2 Å². The Hall–Kier alpha value is -4.71. The van der Waals surface area contributed by atoms with E-state index in [0.29, 0.717) is 19.3 Å². The molecular weight excluding hydrogens is 997 g/mol. The topological polar surface area (TPSA) is 78.9 Å². The predicted molar refractivity (Wildman–Crippen MR) is 352 cm³/mol. The van der Waals surface area contributed by atoms with Gasteiger partial charge in [0, 0.05) is 19.3 Å². The van der Waals surface area contributed by atoms with Gasteiger partial charge in [-0.2, -0.15) is 0 Å². The fraction of sp³-hybridized carbons (Fsp3) is 0.640. The maximum atomic E-state index is 12.9. The third-order valence-electron chi connectivity index (χ3n) is 13.8. The van der Waals surface area contributed by atoms with Crippen molar-refractivity contribution in [1.29, 1.82) is 0 Å². The Morgan fingerprint density at radius 1 is 0.259 bits per heavy atom. The van der Waals surface area contributed by atoms with Crippen molar-refractivity contribution >= 4 is 17.9 Å². The van der Waals surface area contributed by atoms with Gasteiger partial charge in [0.2, 0.25) is 0 Å². The minimum Gasteiger partial charge on any atom is -0.462 e. The molecular formula is C75H122O6. The highest BCUT2D eigenvalue weighted by Gasteiger charge is 2.19. The van der Waals surface area contributed by atoms with Crippen molar-refractivity contribution < 1.29 is 28.6 Å². The molecule has 0 bridgehead atoms. The van der Waals surface area contributed by atoms with Gasteiger partial charge < -0.3 is 14.2 Å². The molecule has 0 aromatic heterocycles. The molecule has 0 amide bonds. The van der Waals surface area contributed by atoms with E-state index in [-0.39, 0.29) is 31.1 Å². The average molecular weight is 1120 g/mol. The second kappa shape index (κ2) is 67.8. The first-order valence-electron chi connectivity index (χ1n) is 33.3. The summed E-state index contributed by atoms with van der Waals surface area (Å²) in [6.45, 7) is 6.38. The molecule has 0 radical (unpaired) electrons. The highest BCUT2D eigenvalue weighted by molar-refractivity contribution is 5.71. The van der Waals surface area contributed by atoms with Crippen molar-refractivity contribution in [2.24, 2.45) is 0 Å². The Morgan fingerprint density at radius 3 is 0.765 bits per heavy atom. The van der Waals surface area contributed by atoms with E-state index in [1.807, 2.05) is 0 Å². The quantitative estimate of drug-likeness (QED) is 0.0261. The van der Waals surface area contributed by atoms with Crippen LogP contribution in [0.15, 0.2) is 146 Å². The van der Waals surface area contributed by atoms with Crippen molar-refractivity contribution in [1.82, 2.24) is 0 Å². The zero-order valence-corrected chi connectivity index (χ0v) is 52.5. The summed E-state index contributed by atoms with van der Waals surface area (Å²) >= 11 is 0. The third-order valence-corrected chi connectivity index (χ3v) is 13.8. The summed E-state index contributed by atoms with van der Waals surface area (Å²) in [5, 5.41) is 0. The van der Waals surface area contributed by atoms with Gasteiger partial charge in [0.15, 0.2) is 6.10 Å². The first kappa shape index (κ1) is 76.3. The Balaban J connectivity index is 4.34. The molecule has 0 saturated carbocycles. The summed E-state index contributed by atoms with van der Waals surface area (Å²) < 4.78 is 16.9. The van der Waals surface area contributed by atoms with Crippen LogP contribution in [0.5, 0.6) is 0 Å². The van der Waals surface area contributed by atoms with E-state index in [1.54, 1.807) is 0 Å². The highest BCUT2D eigenvalue weighted by atomic mass is 16.6. The number of unbranched alkanes of at least 4 members (excludes halogenated alkanes) is 24. The van der Waals surface area contributed by atoms with E-state index >= 15 is 0 Å². The van der Waals surface area contributed by atoms with Crippen LogP contribution in [0.3, 0.4) is 0 Å². The Morgan fingerprint density at radius 2 is 0.481 bits per heavy atom. The van der Waals surface area contributed by atoms with Crippen molar-refractivity contribution in [3.05, 3.63) is 146 Å². The summed E-state index contributed by atoms with van der Waals surface area (Å²) in [7, 11) is 0. The highest BCUT2D eigenvalue weighted by Crippen LogP contribution is 2.16. The van der Waals surface area contributed by atoms with Crippen LogP contribution >= 0.6 is 0 Å². The molecule has 0 aromatic carbocycles. The smallest absolute Gasteiger partial charge is 0.306 e. The van der Waals surface area contributed by atoms with Crippen LogP contribution in [0.4, 0.5) is 0 Å². The van der Waals surface area contributed by atoms with Crippen molar-refractivity contribution in [2.45, 2.75) is 297 Å². The number of hydrogen-bond donors (Lipinski definition) is 0. The lowest BCUT2D eigenvalue weighted by Crippen LogP contribution is -2.30.